The van der Waals surface area contributed by atoms with Crippen LogP contribution in [-0.4, -0.2) is 31.2 Å². The summed E-state index contributed by atoms with van der Waals surface area (Å²) in [6, 6.07) is 0. The molecule has 0 saturated carbocycles. The van der Waals surface area contributed by atoms with Crippen molar-refractivity contribution in [3.63, 3.8) is 0 Å². The summed E-state index contributed by atoms with van der Waals surface area (Å²) in [5.41, 5.74) is 0.718. The Balaban J connectivity index is 2.59. The molecule has 0 spiro atoms. The van der Waals surface area contributed by atoms with Gasteiger partial charge in [0.1, 0.15) is 6.33 Å². The van der Waals surface area contributed by atoms with Crippen LogP contribution in [-0.2, 0) is 0 Å². The fraction of sp³-hybridized carbons (Fsp3) is 0.300. The van der Waals surface area contributed by atoms with Crippen LogP contribution in [0.5, 0.6) is 0 Å². The van der Waals surface area contributed by atoms with Crippen LogP contribution in [0.1, 0.15) is 12.5 Å². The fourth-order valence-electron chi connectivity index (χ4n) is 1.53. The van der Waals surface area contributed by atoms with Gasteiger partial charge in [0.05, 0.1) is 11.1 Å². The summed E-state index contributed by atoms with van der Waals surface area (Å²) in [6.07, 6.45) is 4.56. The molecule has 0 aliphatic heterocycles. The number of hydrogen-bond acceptors (Lipinski definition) is 6. The van der Waals surface area contributed by atoms with Crippen LogP contribution in [0.4, 0.5) is 11.5 Å². The fourth-order valence-corrected chi connectivity index (χ4v) is 1.53. The molecule has 8 heteroatoms. The summed E-state index contributed by atoms with van der Waals surface area (Å²) >= 11 is 0. The van der Waals surface area contributed by atoms with Crippen LogP contribution < -0.4 is 5.32 Å². The highest BCUT2D eigenvalue weighted by molar-refractivity contribution is 5.63. The number of aryl methyl sites for hydroxylation is 1. The van der Waals surface area contributed by atoms with Gasteiger partial charge in [-0.3, -0.25) is 10.1 Å². The third-order valence-electron chi connectivity index (χ3n) is 2.26. The third kappa shape index (κ3) is 2.12. The molecule has 0 aromatic carbocycles. The van der Waals surface area contributed by atoms with Crippen LogP contribution >= 0.6 is 0 Å². The molecule has 18 heavy (non-hydrogen) atoms. The molecule has 0 saturated heterocycles. The van der Waals surface area contributed by atoms with E-state index in [1.807, 2.05) is 13.8 Å². The summed E-state index contributed by atoms with van der Waals surface area (Å²) < 4.78 is 1.37. The summed E-state index contributed by atoms with van der Waals surface area (Å²) in [5.74, 6) is 0.347. The third-order valence-corrected chi connectivity index (χ3v) is 2.26. The molecule has 2 aromatic rings. The first-order valence-electron chi connectivity index (χ1n) is 5.38. The first kappa shape index (κ1) is 12.0. The molecular formula is C10H12N6O2. The van der Waals surface area contributed by atoms with Crippen molar-refractivity contribution < 1.29 is 4.92 Å². The van der Waals surface area contributed by atoms with Gasteiger partial charge in [-0.1, -0.05) is 0 Å². The average molecular weight is 248 g/mol. The van der Waals surface area contributed by atoms with E-state index in [1.54, 1.807) is 12.4 Å². The first-order valence-corrected chi connectivity index (χ1v) is 5.38. The average Bonchev–Trinajstić information content (AvgIpc) is 2.75. The Morgan fingerprint density at radius 3 is 2.83 bits per heavy atom. The van der Waals surface area contributed by atoms with Crippen molar-refractivity contribution in [1.29, 1.82) is 0 Å². The first-order chi connectivity index (χ1) is 8.63. The maximum absolute atomic E-state index is 11.1. The summed E-state index contributed by atoms with van der Waals surface area (Å²) in [5, 5.41) is 18.0. The molecule has 0 radical (unpaired) electrons. The van der Waals surface area contributed by atoms with E-state index in [0.29, 0.717) is 6.54 Å². The number of hydrogen-bond donors (Lipinski definition) is 1. The van der Waals surface area contributed by atoms with E-state index in [2.05, 4.69) is 20.4 Å². The van der Waals surface area contributed by atoms with Gasteiger partial charge in [0, 0.05) is 12.7 Å². The molecule has 8 nitrogen and oxygen atoms in total. The minimum absolute atomic E-state index is 0.152. The van der Waals surface area contributed by atoms with Gasteiger partial charge < -0.3 is 5.32 Å². The largest absolute Gasteiger partial charge is 0.364 e. The minimum atomic E-state index is -0.510. The SMILES string of the molecule is CCNc1ncnc(-n2cc(C)cn2)c1[N+](=O)[O-]. The second-order valence-corrected chi connectivity index (χ2v) is 3.64. The van der Waals surface area contributed by atoms with Crippen molar-refractivity contribution in [1.82, 2.24) is 19.7 Å². The molecule has 0 amide bonds. The Labute approximate surface area is 103 Å². The highest BCUT2D eigenvalue weighted by Crippen LogP contribution is 2.27. The van der Waals surface area contributed by atoms with E-state index < -0.39 is 4.92 Å². The summed E-state index contributed by atoms with van der Waals surface area (Å²) in [4.78, 5) is 18.4. The van der Waals surface area contributed by atoms with Crippen molar-refractivity contribution in [2.45, 2.75) is 13.8 Å². The normalized spacial score (nSPS) is 10.3. The van der Waals surface area contributed by atoms with E-state index in [9.17, 15) is 10.1 Å². The topological polar surface area (TPSA) is 98.8 Å². The second-order valence-electron chi connectivity index (χ2n) is 3.64. The zero-order valence-electron chi connectivity index (χ0n) is 9.99. The lowest BCUT2D eigenvalue weighted by atomic mass is 10.4. The quantitative estimate of drug-likeness (QED) is 0.647. The molecule has 2 rings (SSSR count). The van der Waals surface area contributed by atoms with Gasteiger partial charge in [-0.2, -0.15) is 5.10 Å². The van der Waals surface area contributed by atoms with Crippen LogP contribution in [0.15, 0.2) is 18.7 Å². The summed E-state index contributed by atoms with van der Waals surface area (Å²) in [6.45, 7) is 4.22. The van der Waals surface area contributed by atoms with Crippen LogP contribution in [0.3, 0.4) is 0 Å². The van der Waals surface area contributed by atoms with E-state index in [1.165, 1.54) is 11.0 Å². The van der Waals surface area contributed by atoms with Crippen molar-refractivity contribution in [3.05, 3.63) is 34.4 Å². The number of nitrogens with zero attached hydrogens (tertiary/aromatic N) is 5. The number of anilines is 1. The monoisotopic (exact) mass is 248 g/mol. The zero-order chi connectivity index (χ0) is 13.1. The lowest BCUT2D eigenvalue weighted by Gasteiger charge is -2.06. The van der Waals surface area contributed by atoms with Gasteiger partial charge in [0.15, 0.2) is 0 Å². The van der Waals surface area contributed by atoms with Gasteiger partial charge in [-0.05, 0) is 19.4 Å². The van der Waals surface area contributed by atoms with Gasteiger partial charge >= 0.3 is 5.69 Å². The summed E-state index contributed by atoms with van der Waals surface area (Å²) in [7, 11) is 0. The lowest BCUT2D eigenvalue weighted by molar-refractivity contribution is -0.384. The Kier molecular flexibility index (Phi) is 3.18. The Morgan fingerprint density at radius 2 is 2.28 bits per heavy atom. The predicted octanol–water partition coefficient (Wildman–Crippen LogP) is 1.31. The van der Waals surface area contributed by atoms with Crippen LogP contribution in [0.25, 0.3) is 5.82 Å². The molecule has 0 unspecified atom stereocenters. The number of rotatable bonds is 4. The molecule has 0 atom stereocenters. The van der Waals surface area contributed by atoms with Crippen molar-refractivity contribution in [3.8, 4) is 5.82 Å². The Morgan fingerprint density at radius 1 is 1.50 bits per heavy atom. The number of nitro groups is 1. The smallest absolute Gasteiger partial charge is 0.355 e. The lowest BCUT2D eigenvalue weighted by Crippen LogP contribution is -2.09. The molecule has 2 aromatic heterocycles. The molecule has 0 fully saturated rings. The molecule has 0 aliphatic carbocycles. The van der Waals surface area contributed by atoms with Crippen LogP contribution in [0, 0.1) is 17.0 Å². The van der Waals surface area contributed by atoms with E-state index in [-0.39, 0.29) is 17.3 Å². The Bertz CT molecular complexity index is 579. The van der Waals surface area contributed by atoms with Gasteiger partial charge in [-0.15, -0.1) is 0 Å². The number of aromatic nitrogens is 4. The highest BCUT2D eigenvalue weighted by Gasteiger charge is 2.24. The van der Waals surface area contributed by atoms with Crippen molar-refractivity contribution in [2.75, 3.05) is 11.9 Å². The van der Waals surface area contributed by atoms with Gasteiger partial charge in [0.25, 0.3) is 0 Å². The van der Waals surface area contributed by atoms with E-state index >= 15 is 0 Å². The molecular weight excluding hydrogens is 236 g/mol. The molecule has 1 N–H and O–H groups in total. The maximum atomic E-state index is 11.1. The second kappa shape index (κ2) is 4.78. The molecule has 0 aliphatic rings. The standard InChI is InChI=1S/C10H12N6O2/c1-3-11-9-8(16(17)18)10(13-6-12-9)15-5-7(2)4-14-15/h4-6H,3H2,1-2H3,(H,11,12,13). The van der Waals surface area contributed by atoms with Crippen molar-refractivity contribution in [2.24, 2.45) is 0 Å². The van der Waals surface area contributed by atoms with E-state index in [0.717, 1.165) is 5.56 Å². The van der Waals surface area contributed by atoms with Crippen LogP contribution in [0.2, 0.25) is 0 Å². The Hall–Kier alpha value is -2.51. The zero-order valence-corrected chi connectivity index (χ0v) is 9.99. The van der Waals surface area contributed by atoms with Gasteiger partial charge in [0.2, 0.25) is 11.6 Å². The molecule has 2 heterocycles. The predicted molar refractivity (Wildman–Crippen MR) is 64.7 cm³/mol. The van der Waals surface area contributed by atoms with E-state index in [4.69, 9.17) is 0 Å². The minimum Gasteiger partial charge on any atom is -0.364 e. The highest BCUT2D eigenvalue weighted by atomic mass is 16.6. The molecule has 94 valence electrons. The van der Waals surface area contributed by atoms with Crippen molar-refractivity contribution >= 4 is 11.5 Å². The molecule has 0 bridgehead atoms. The number of nitrogens with one attached hydrogen (secondary N) is 1. The maximum Gasteiger partial charge on any atom is 0.355 e. The van der Waals surface area contributed by atoms with Gasteiger partial charge in [-0.25, -0.2) is 14.6 Å².